The minimum atomic E-state index is -0.274. The molecule has 0 saturated carbocycles. The summed E-state index contributed by atoms with van der Waals surface area (Å²) in [6.45, 7) is 6.62. The van der Waals surface area contributed by atoms with Crippen LogP contribution in [0.3, 0.4) is 0 Å². The summed E-state index contributed by atoms with van der Waals surface area (Å²) in [5.74, 6) is 0.315. The van der Waals surface area contributed by atoms with Crippen LogP contribution in [-0.4, -0.2) is 73.5 Å². The highest BCUT2D eigenvalue weighted by molar-refractivity contribution is 6.04. The number of hydrogen-bond acceptors (Lipinski definition) is 7. The topological polar surface area (TPSA) is 128 Å². The molecule has 10 heteroatoms. The number of carbonyl (C=O) groups is 1. The van der Waals surface area contributed by atoms with Crippen LogP contribution in [0.5, 0.6) is 0 Å². The van der Waals surface area contributed by atoms with Gasteiger partial charge in [-0.1, -0.05) is 23.9 Å². The summed E-state index contributed by atoms with van der Waals surface area (Å²) in [6, 6.07) is 6.41. The van der Waals surface area contributed by atoms with Gasteiger partial charge in [-0.05, 0) is 30.7 Å². The Labute approximate surface area is 186 Å². The molecular formula is C22H29FN4O5. The number of halogens is 1. The molecule has 0 aliphatic carbocycles. The summed E-state index contributed by atoms with van der Waals surface area (Å²) >= 11 is 0. The smallest absolute Gasteiger partial charge is 0.204 e. The van der Waals surface area contributed by atoms with E-state index in [1.807, 2.05) is 6.07 Å². The lowest BCUT2D eigenvalue weighted by Crippen LogP contribution is -2.43. The third-order valence-corrected chi connectivity index (χ3v) is 4.67. The number of allylic oxidation sites excluding steroid dienone is 1. The maximum Gasteiger partial charge on any atom is 0.204 e. The van der Waals surface area contributed by atoms with Gasteiger partial charge in [0.2, 0.25) is 6.41 Å². The molecule has 9 nitrogen and oxygen atoms in total. The van der Waals surface area contributed by atoms with Gasteiger partial charge in [-0.2, -0.15) is 0 Å². The highest BCUT2D eigenvalue weighted by Gasteiger charge is 2.34. The first kappa shape index (κ1) is 25.3. The van der Waals surface area contributed by atoms with Gasteiger partial charge in [-0.25, -0.2) is 9.38 Å². The minimum absolute atomic E-state index is 0.0551. The van der Waals surface area contributed by atoms with Crippen LogP contribution in [0.1, 0.15) is 18.9 Å². The standard InChI is InChI=1S/C21H26FN3O4.CH3NO/c1-3-17(8-15-5-4-6-16(22)7-15)24-14(2)23-10-18-9-20(29-25-18)21-13-27-19(11-26)12-28-21;2-1-3/h3-7,19-21,26H,1,8-13H2,2H3;1H,(H2,2,3). The highest BCUT2D eigenvalue weighted by Crippen LogP contribution is 2.20. The van der Waals surface area contributed by atoms with E-state index >= 15 is 0 Å². The SMILES string of the molecule is C=CC(Cc1cccc(F)c1)=NC(C)=NCC1=NOC(C2COC(CO)CO2)C1.NC=O. The molecule has 3 unspecified atom stereocenters. The van der Waals surface area contributed by atoms with Crippen LogP contribution in [0.15, 0.2) is 52.1 Å². The van der Waals surface area contributed by atoms with Crippen LogP contribution in [0.25, 0.3) is 0 Å². The summed E-state index contributed by atoms with van der Waals surface area (Å²) in [7, 11) is 0. The number of aliphatic hydroxyl groups excluding tert-OH is 1. The van der Waals surface area contributed by atoms with Crippen molar-refractivity contribution in [2.45, 2.75) is 38.1 Å². The number of aliphatic imine (C=N–C) groups is 2. The molecule has 3 rings (SSSR count). The lowest BCUT2D eigenvalue weighted by atomic mass is 10.1. The highest BCUT2D eigenvalue weighted by atomic mass is 19.1. The lowest BCUT2D eigenvalue weighted by Gasteiger charge is -2.30. The van der Waals surface area contributed by atoms with Crippen molar-refractivity contribution in [2.75, 3.05) is 26.4 Å². The van der Waals surface area contributed by atoms with E-state index in [0.29, 0.717) is 44.1 Å². The van der Waals surface area contributed by atoms with E-state index in [-0.39, 0.29) is 37.1 Å². The summed E-state index contributed by atoms with van der Waals surface area (Å²) in [5.41, 5.74) is 6.51. The predicted molar refractivity (Wildman–Crippen MR) is 119 cm³/mol. The van der Waals surface area contributed by atoms with Crippen LogP contribution >= 0.6 is 0 Å². The van der Waals surface area contributed by atoms with Crippen molar-refractivity contribution >= 4 is 23.7 Å². The van der Waals surface area contributed by atoms with Crippen LogP contribution in [-0.2, 0) is 25.5 Å². The quantitative estimate of drug-likeness (QED) is 0.371. The molecule has 1 amide bonds. The lowest BCUT2D eigenvalue weighted by molar-refractivity contribution is -0.178. The summed E-state index contributed by atoms with van der Waals surface area (Å²) < 4.78 is 24.5. The number of hydrogen-bond donors (Lipinski definition) is 2. The molecule has 2 aliphatic rings. The molecular weight excluding hydrogens is 419 g/mol. The van der Waals surface area contributed by atoms with Gasteiger partial charge in [0.05, 0.1) is 32.1 Å². The number of benzene rings is 1. The Kier molecular flexibility index (Phi) is 10.6. The van der Waals surface area contributed by atoms with E-state index in [9.17, 15) is 4.39 Å². The number of amides is 1. The summed E-state index contributed by atoms with van der Waals surface area (Å²) in [6.07, 6.45) is 2.30. The number of rotatable bonds is 7. The molecule has 174 valence electrons. The molecule has 3 atom stereocenters. The van der Waals surface area contributed by atoms with Gasteiger partial charge in [0.1, 0.15) is 23.9 Å². The van der Waals surface area contributed by atoms with Crippen LogP contribution in [0.4, 0.5) is 4.39 Å². The predicted octanol–water partition coefficient (Wildman–Crippen LogP) is 1.44. The van der Waals surface area contributed by atoms with Crippen LogP contribution in [0.2, 0.25) is 0 Å². The fraction of sp³-hybridized carbons (Fsp3) is 0.455. The van der Waals surface area contributed by atoms with Crippen molar-refractivity contribution in [2.24, 2.45) is 20.9 Å². The zero-order chi connectivity index (χ0) is 23.3. The number of carbonyl (C=O) groups excluding carboxylic acids is 1. The Hall–Kier alpha value is -2.95. The van der Waals surface area contributed by atoms with Crippen molar-refractivity contribution in [3.8, 4) is 0 Å². The largest absolute Gasteiger partial charge is 0.394 e. The third-order valence-electron chi connectivity index (χ3n) is 4.67. The molecule has 32 heavy (non-hydrogen) atoms. The van der Waals surface area contributed by atoms with E-state index in [1.165, 1.54) is 12.1 Å². The molecule has 0 aromatic heterocycles. The number of ether oxygens (including phenoxy) is 2. The molecule has 0 spiro atoms. The van der Waals surface area contributed by atoms with E-state index in [2.05, 4.69) is 27.5 Å². The Morgan fingerprint density at radius 1 is 1.38 bits per heavy atom. The first-order valence-electron chi connectivity index (χ1n) is 10.2. The average Bonchev–Trinajstić information content (AvgIpc) is 3.27. The molecule has 1 saturated heterocycles. The van der Waals surface area contributed by atoms with Crippen molar-refractivity contribution in [3.05, 3.63) is 48.3 Å². The molecule has 3 N–H and O–H groups in total. The summed E-state index contributed by atoms with van der Waals surface area (Å²) in [4.78, 5) is 23.0. The number of primary amides is 1. The Morgan fingerprint density at radius 3 is 2.78 bits per heavy atom. The van der Waals surface area contributed by atoms with Gasteiger partial charge in [-0.15, -0.1) is 0 Å². The Bertz CT molecular complexity index is 850. The summed E-state index contributed by atoms with van der Waals surface area (Å²) in [5, 5.41) is 13.2. The number of amidine groups is 1. The van der Waals surface area contributed by atoms with Crippen molar-refractivity contribution in [1.29, 1.82) is 0 Å². The average molecular weight is 448 g/mol. The minimum Gasteiger partial charge on any atom is -0.394 e. The van der Waals surface area contributed by atoms with Crippen molar-refractivity contribution in [1.82, 2.24) is 0 Å². The van der Waals surface area contributed by atoms with E-state index in [0.717, 1.165) is 11.3 Å². The number of nitrogens with two attached hydrogens (primary N) is 1. The van der Waals surface area contributed by atoms with Gasteiger partial charge < -0.3 is 25.2 Å². The number of aliphatic hydroxyl groups is 1. The molecule has 1 aromatic carbocycles. The monoisotopic (exact) mass is 448 g/mol. The van der Waals surface area contributed by atoms with Gasteiger partial charge in [0.25, 0.3) is 0 Å². The van der Waals surface area contributed by atoms with Gasteiger partial charge in [0, 0.05) is 18.6 Å². The van der Waals surface area contributed by atoms with Crippen molar-refractivity contribution < 1.29 is 28.6 Å². The van der Waals surface area contributed by atoms with E-state index in [1.54, 1.807) is 19.1 Å². The molecule has 2 aliphatic heterocycles. The maximum absolute atomic E-state index is 13.3. The number of oxime groups is 1. The Balaban J connectivity index is 0.00000114. The van der Waals surface area contributed by atoms with E-state index < -0.39 is 0 Å². The normalized spacial score (nSPS) is 23.5. The second-order valence-corrected chi connectivity index (χ2v) is 7.13. The zero-order valence-corrected chi connectivity index (χ0v) is 18.0. The first-order chi connectivity index (χ1) is 15.5. The zero-order valence-electron chi connectivity index (χ0n) is 18.0. The third kappa shape index (κ3) is 8.29. The second-order valence-electron chi connectivity index (χ2n) is 7.13. The second kappa shape index (κ2) is 13.5. The fourth-order valence-electron chi connectivity index (χ4n) is 3.08. The van der Waals surface area contributed by atoms with Gasteiger partial charge in [0.15, 0.2) is 6.10 Å². The molecule has 1 fully saturated rings. The molecule has 0 bridgehead atoms. The fourth-order valence-corrected chi connectivity index (χ4v) is 3.08. The van der Waals surface area contributed by atoms with Gasteiger partial charge in [-0.3, -0.25) is 9.79 Å². The first-order valence-corrected chi connectivity index (χ1v) is 10.2. The molecule has 0 radical (unpaired) electrons. The van der Waals surface area contributed by atoms with E-state index in [4.69, 9.17) is 24.2 Å². The molecule has 2 heterocycles. The van der Waals surface area contributed by atoms with Crippen molar-refractivity contribution in [3.63, 3.8) is 0 Å². The Morgan fingerprint density at radius 2 is 2.16 bits per heavy atom. The molecule has 1 aromatic rings. The number of nitrogens with zero attached hydrogens (tertiary/aromatic N) is 3. The maximum atomic E-state index is 13.3. The van der Waals surface area contributed by atoms with Crippen LogP contribution < -0.4 is 5.73 Å². The van der Waals surface area contributed by atoms with Crippen LogP contribution in [0, 0.1) is 5.82 Å². The van der Waals surface area contributed by atoms with Gasteiger partial charge >= 0.3 is 0 Å².